The van der Waals surface area contributed by atoms with E-state index < -0.39 is 4.92 Å². The summed E-state index contributed by atoms with van der Waals surface area (Å²) in [7, 11) is 0. The lowest BCUT2D eigenvalue weighted by Gasteiger charge is -2.07. The number of aryl methyl sites for hydroxylation is 2. The van der Waals surface area contributed by atoms with Gasteiger partial charge in [-0.15, -0.1) is 10.2 Å². The molecule has 0 aliphatic carbocycles. The number of non-ortho nitro benzene ring substituents is 1. The molecule has 0 spiro atoms. The van der Waals surface area contributed by atoms with Crippen LogP contribution in [0, 0.1) is 24.0 Å². The zero-order chi connectivity index (χ0) is 28.5. The Bertz CT molecular complexity index is 1460. The standard InChI is InChI=1S/C27H25N7O4S2/c1-18-6-10-21(11-7-18)29-24(35)16-39-26-31-32-27(40-17-25(36)30-22-12-8-19(2)9-13-22)33(26)28-15-20-4-3-5-23(14-20)34(37)38/h3-15H,16-17H2,1-2H3,(H,29,35)(H,30,36)/b28-15+. The first kappa shape index (κ1) is 28.5. The second-order valence-electron chi connectivity index (χ2n) is 8.58. The van der Waals surface area contributed by atoms with E-state index >= 15 is 0 Å². The molecule has 40 heavy (non-hydrogen) atoms. The lowest BCUT2D eigenvalue weighted by molar-refractivity contribution is -0.384. The number of carbonyl (C=O) groups excluding carboxylic acids is 2. The van der Waals surface area contributed by atoms with E-state index in [0.29, 0.717) is 27.3 Å². The molecule has 3 aromatic carbocycles. The van der Waals surface area contributed by atoms with Crippen LogP contribution in [0.5, 0.6) is 0 Å². The van der Waals surface area contributed by atoms with Gasteiger partial charge in [0.2, 0.25) is 22.1 Å². The number of nitrogens with one attached hydrogen (secondary N) is 2. The molecule has 0 aliphatic heterocycles. The van der Waals surface area contributed by atoms with Crippen LogP contribution in [0.25, 0.3) is 0 Å². The molecule has 11 nitrogen and oxygen atoms in total. The van der Waals surface area contributed by atoms with E-state index in [2.05, 4.69) is 25.9 Å². The summed E-state index contributed by atoms with van der Waals surface area (Å²) in [5.74, 6) is -0.399. The summed E-state index contributed by atoms with van der Waals surface area (Å²) in [6.45, 7) is 3.92. The van der Waals surface area contributed by atoms with E-state index in [1.54, 1.807) is 12.1 Å². The lowest BCUT2D eigenvalue weighted by atomic mass is 10.2. The van der Waals surface area contributed by atoms with Crippen molar-refractivity contribution in [3.8, 4) is 0 Å². The largest absolute Gasteiger partial charge is 0.325 e. The molecule has 0 saturated heterocycles. The molecule has 4 rings (SSSR count). The number of hydrogen-bond donors (Lipinski definition) is 2. The van der Waals surface area contributed by atoms with Crippen LogP contribution in [-0.4, -0.2) is 49.3 Å². The quantitative estimate of drug-likeness (QED) is 0.108. The molecule has 1 aromatic heterocycles. The summed E-state index contributed by atoms with van der Waals surface area (Å²) in [6, 6.07) is 20.9. The van der Waals surface area contributed by atoms with Crippen molar-refractivity contribution >= 4 is 58.6 Å². The number of aromatic nitrogens is 3. The fourth-order valence-electron chi connectivity index (χ4n) is 3.30. The Balaban J connectivity index is 1.48. The minimum Gasteiger partial charge on any atom is -0.325 e. The zero-order valence-corrected chi connectivity index (χ0v) is 23.2. The molecule has 0 radical (unpaired) electrons. The molecular formula is C27H25N7O4S2. The van der Waals surface area contributed by atoms with Gasteiger partial charge in [0.1, 0.15) is 0 Å². The number of hydrogen-bond acceptors (Lipinski definition) is 9. The van der Waals surface area contributed by atoms with Gasteiger partial charge < -0.3 is 10.6 Å². The second-order valence-corrected chi connectivity index (χ2v) is 10.5. The fraction of sp³-hybridized carbons (Fsp3) is 0.148. The predicted octanol–water partition coefficient (Wildman–Crippen LogP) is 5.15. The summed E-state index contributed by atoms with van der Waals surface area (Å²) >= 11 is 2.24. The maximum absolute atomic E-state index is 12.5. The Labute approximate surface area is 238 Å². The van der Waals surface area contributed by atoms with Gasteiger partial charge in [0.25, 0.3) is 5.69 Å². The molecule has 204 valence electrons. The molecule has 4 aromatic rings. The highest BCUT2D eigenvalue weighted by molar-refractivity contribution is 8.00. The van der Waals surface area contributed by atoms with E-state index in [4.69, 9.17) is 0 Å². The summed E-state index contributed by atoms with van der Waals surface area (Å²) in [5, 5.41) is 30.2. The molecule has 0 aliphatic rings. The molecule has 0 unspecified atom stereocenters. The van der Waals surface area contributed by atoms with Crippen LogP contribution >= 0.6 is 23.5 Å². The molecular weight excluding hydrogens is 550 g/mol. The van der Waals surface area contributed by atoms with E-state index in [1.807, 2.05) is 62.4 Å². The molecule has 0 atom stereocenters. The molecule has 0 saturated carbocycles. The highest BCUT2D eigenvalue weighted by Crippen LogP contribution is 2.24. The number of rotatable bonds is 11. The topological polar surface area (TPSA) is 144 Å². The molecule has 2 amide bonds. The van der Waals surface area contributed by atoms with Crippen LogP contribution in [0.2, 0.25) is 0 Å². The van der Waals surface area contributed by atoms with Crippen molar-refractivity contribution in [2.24, 2.45) is 5.10 Å². The summed E-state index contributed by atoms with van der Waals surface area (Å²) < 4.78 is 1.41. The minimum atomic E-state index is -0.488. The van der Waals surface area contributed by atoms with Gasteiger partial charge in [-0.2, -0.15) is 9.78 Å². The molecule has 2 N–H and O–H groups in total. The van der Waals surface area contributed by atoms with Crippen LogP contribution in [0.15, 0.2) is 88.2 Å². The Kier molecular flexibility index (Phi) is 9.65. The van der Waals surface area contributed by atoms with Gasteiger partial charge in [-0.3, -0.25) is 19.7 Å². The van der Waals surface area contributed by atoms with Crippen molar-refractivity contribution in [3.63, 3.8) is 0 Å². The smallest absolute Gasteiger partial charge is 0.270 e. The van der Waals surface area contributed by atoms with Gasteiger partial charge in [0.15, 0.2) is 0 Å². The Morgan fingerprint density at radius 2 is 1.38 bits per heavy atom. The van der Waals surface area contributed by atoms with Gasteiger partial charge in [-0.05, 0) is 38.1 Å². The SMILES string of the molecule is Cc1ccc(NC(=O)CSc2nnc(SCC(=O)Nc3ccc(C)cc3)n2/N=C/c2cccc([N+](=O)[O-])c2)cc1. The fourth-order valence-corrected chi connectivity index (χ4v) is 4.73. The predicted molar refractivity (Wildman–Crippen MR) is 157 cm³/mol. The third-order valence-corrected chi connectivity index (χ3v) is 7.16. The number of amides is 2. The van der Waals surface area contributed by atoms with Crippen molar-refractivity contribution in [1.29, 1.82) is 0 Å². The number of nitro groups is 1. The van der Waals surface area contributed by atoms with Crippen LogP contribution in [-0.2, 0) is 9.59 Å². The summed E-state index contributed by atoms with van der Waals surface area (Å²) in [4.78, 5) is 35.7. The van der Waals surface area contributed by atoms with Gasteiger partial charge in [0, 0.05) is 29.1 Å². The van der Waals surface area contributed by atoms with Crippen molar-refractivity contribution in [2.75, 3.05) is 22.1 Å². The number of nitrogens with zero attached hydrogens (tertiary/aromatic N) is 5. The van der Waals surface area contributed by atoms with Crippen molar-refractivity contribution in [1.82, 2.24) is 14.9 Å². The normalized spacial score (nSPS) is 10.9. The Hall–Kier alpha value is -4.49. The highest BCUT2D eigenvalue weighted by atomic mass is 32.2. The van der Waals surface area contributed by atoms with Gasteiger partial charge in [-0.25, -0.2) is 0 Å². The first-order valence-corrected chi connectivity index (χ1v) is 14.0. The first-order valence-electron chi connectivity index (χ1n) is 12.0. The van der Waals surface area contributed by atoms with Crippen LogP contribution in [0.1, 0.15) is 16.7 Å². The number of benzene rings is 3. The number of anilines is 2. The van der Waals surface area contributed by atoms with Gasteiger partial charge >= 0.3 is 0 Å². The Morgan fingerprint density at radius 1 is 0.875 bits per heavy atom. The first-order chi connectivity index (χ1) is 19.3. The van der Waals surface area contributed by atoms with Crippen LogP contribution < -0.4 is 10.6 Å². The van der Waals surface area contributed by atoms with Crippen LogP contribution in [0.4, 0.5) is 17.1 Å². The molecule has 1 heterocycles. The minimum absolute atomic E-state index is 0.0386. The van der Waals surface area contributed by atoms with Crippen LogP contribution in [0.3, 0.4) is 0 Å². The van der Waals surface area contributed by atoms with E-state index in [9.17, 15) is 19.7 Å². The van der Waals surface area contributed by atoms with E-state index in [0.717, 1.165) is 34.7 Å². The third kappa shape index (κ3) is 8.25. The Morgan fingerprint density at radius 3 is 1.85 bits per heavy atom. The van der Waals surface area contributed by atoms with Crippen molar-refractivity contribution in [3.05, 3.63) is 99.6 Å². The van der Waals surface area contributed by atoms with E-state index in [1.165, 1.54) is 23.0 Å². The highest BCUT2D eigenvalue weighted by Gasteiger charge is 2.16. The summed E-state index contributed by atoms with van der Waals surface area (Å²) in [5.41, 5.74) is 3.94. The monoisotopic (exact) mass is 575 g/mol. The molecule has 0 bridgehead atoms. The van der Waals surface area contributed by atoms with Crippen molar-refractivity contribution in [2.45, 2.75) is 24.2 Å². The third-order valence-electron chi connectivity index (χ3n) is 5.32. The van der Waals surface area contributed by atoms with Gasteiger partial charge in [-0.1, -0.05) is 71.0 Å². The molecule has 13 heteroatoms. The zero-order valence-electron chi connectivity index (χ0n) is 21.6. The maximum atomic E-state index is 12.5. The number of thioether (sulfide) groups is 2. The van der Waals surface area contributed by atoms with E-state index in [-0.39, 0.29) is 29.0 Å². The average Bonchev–Trinajstić information content (AvgIpc) is 3.33. The summed E-state index contributed by atoms with van der Waals surface area (Å²) in [6.07, 6.45) is 1.43. The number of carbonyl (C=O) groups is 2. The maximum Gasteiger partial charge on any atom is 0.270 e. The average molecular weight is 576 g/mol. The van der Waals surface area contributed by atoms with Gasteiger partial charge in [0.05, 0.1) is 22.6 Å². The molecule has 0 fully saturated rings. The number of nitro benzene ring substituents is 1. The lowest BCUT2D eigenvalue weighted by Crippen LogP contribution is -2.15. The second kappa shape index (κ2) is 13.5. The van der Waals surface area contributed by atoms with Crippen molar-refractivity contribution < 1.29 is 14.5 Å².